The van der Waals surface area contributed by atoms with Crippen molar-refractivity contribution >= 4 is 11.9 Å². The summed E-state index contributed by atoms with van der Waals surface area (Å²) in [5.41, 5.74) is 0.800. The van der Waals surface area contributed by atoms with Crippen LogP contribution < -0.4 is 15.5 Å². The SMILES string of the molecule is CCC[NH+](Cc1nnc(-c2ccco2)o1)[C@@H](C(=O)NC(=O)NCC)c1ccccc1. The minimum Gasteiger partial charge on any atom is -0.459 e. The number of carbonyl (C=O) groups excluding carboxylic acids is 2. The van der Waals surface area contributed by atoms with Gasteiger partial charge in [-0.3, -0.25) is 10.1 Å². The molecular weight excluding hydrogens is 386 g/mol. The lowest BCUT2D eigenvalue weighted by molar-refractivity contribution is -0.936. The average Bonchev–Trinajstić information content (AvgIpc) is 3.41. The molecule has 1 aromatic carbocycles. The normalized spacial score (nSPS) is 12.9. The van der Waals surface area contributed by atoms with Gasteiger partial charge in [0.2, 0.25) is 0 Å². The Morgan fingerprint density at radius 2 is 1.90 bits per heavy atom. The second kappa shape index (κ2) is 10.4. The molecule has 9 heteroatoms. The highest BCUT2D eigenvalue weighted by atomic mass is 16.4. The van der Waals surface area contributed by atoms with Gasteiger partial charge in [0.25, 0.3) is 17.7 Å². The molecule has 2 aromatic heterocycles. The number of rotatable bonds is 9. The van der Waals surface area contributed by atoms with Crippen LogP contribution in [0.3, 0.4) is 0 Å². The highest BCUT2D eigenvalue weighted by Gasteiger charge is 2.33. The van der Waals surface area contributed by atoms with E-state index in [9.17, 15) is 9.59 Å². The van der Waals surface area contributed by atoms with Gasteiger partial charge in [-0.05, 0) is 25.5 Å². The van der Waals surface area contributed by atoms with Crippen molar-refractivity contribution in [2.24, 2.45) is 0 Å². The minimum absolute atomic E-state index is 0.286. The van der Waals surface area contributed by atoms with Gasteiger partial charge in [0.05, 0.1) is 12.8 Å². The maximum atomic E-state index is 13.1. The van der Waals surface area contributed by atoms with E-state index in [0.29, 0.717) is 31.3 Å². The van der Waals surface area contributed by atoms with Crippen LogP contribution in [0.1, 0.15) is 37.8 Å². The van der Waals surface area contributed by atoms with Crippen molar-refractivity contribution < 1.29 is 23.3 Å². The number of nitrogens with one attached hydrogen (secondary N) is 3. The van der Waals surface area contributed by atoms with E-state index < -0.39 is 12.1 Å². The molecule has 1 unspecified atom stereocenters. The zero-order valence-corrected chi connectivity index (χ0v) is 17.1. The van der Waals surface area contributed by atoms with Gasteiger partial charge < -0.3 is 19.1 Å². The van der Waals surface area contributed by atoms with Gasteiger partial charge in [-0.15, -0.1) is 10.2 Å². The van der Waals surface area contributed by atoms with Crippen LogP contribution in [0.5, 0.6) is 0 Å². The van der Waals surface area contributed by atoms with Crippen LogP contribution in [0.2, 0.25) is 0 Å². The monoisotopic (exact) mass is 412 g/mol. The first-order valence-electron chi connectivity index (χ1n) is 9.96. The zero-order valence-electron chi connectivity index (χ0n) is 17.1. The van der Waals surface area contributed by atoms with Crippen LogP contribution in [0.4, 0.5) is 4.79 Å². The number of amides is 3. The number of imide groups is 1. The van der Waals surface area contributed by atoms with Gasteiger partial charge in [0, 0.05) is 12.1 Å². The molecule has 0 aliphatic carbocycles. The molecule has 0 spiro atoms. The fourth-order valence-electron chi connectivity index (χ4n) is 3.28. The van der Waals surface area contributed by atoms with E-state index in [1.54, 1.807) is 19.1 Å². The number of benzene rings is 1. The van der Waals surface area contributed by atoms with E-state index in [-0.39, 0.29) is 11.8 Å². The van der Waals surface area contributed by atoms with E-state index in [4.69, 9.17) is 8.83 Å². The molecule has 2 heterocycles. The molecule has 0 fully saturated rings. The fraction of sp³-hybridized carbons (Fsp3) is 0.333. The van der Waals surface area contributed by atoms with Crippen LogP contribution in [0.25, 0.3) is 11.7 Å². The molecule has 3 rings (SSSR count). The Hall–Kier alpha value is -3.46. The number of nitrogens with zero attached hydrogens (tertiary/aromatic N) is 2. The molecule has 158 valence electrons. The summed E-state index contributed by atoms with van der Waals surface area (Å²) in [4.78, 5) is 25.9. The molecule has 9 nitrogen and oxygen atoms in total. The summed E-state index contributed by atoms with van der Waals surface area (Å²) >= 11 is 0. The summed E-state index contributed by atoms with van der Waals surface area (Å²) < 4.78 is 11.0. The first-order valence-corrected chi connectivity index (χ1v) is 9.96. The molecule has 2 atom stereocenters. The molecule has 3 aromatic rings. The van der Waals surface area contributed by atoms with Crippen molar-refractivity contribution in [2.45, 2.75) is 32.9 Å². The Labute approximate surface area is 174 Å². The van der Waals surface area contributed by atoms with E-state index in [1.165, 1.54) is 6.26 Å². The number of quaternary nitrogens is 1. The highest BCUT2D eigenvalue weighted by Crippen LogP contribution is 2.18. The highest BCUT2D eigenvalue weighted by molar-refractivity contribution is 5.96. The molecule has 3 amide bonds. The Morgan fingerprint density at radius 3 is 2.57 bits per heavy atom. The Balaban J connectivity index is 1.85. The Morgan fingerprint density at radius 1 is 1.10 bits per heavy atom. The topological polar surface area (TPSA) is 115 Å². The first-order chi connectivity index (χ1) is 14.6. The largest absolute Gasteiger partial charge is 0.459 e. The van der Waals surface area contributed by atoms with Crippen molar-refractivity contribution in [1.82, 2.24) is 20.8 Å². The van der Waals surface area contributed by atoms with Crippen molar-refractivity contribution in [2.75, 3.05) is 13.1 Å². The molecule has 0 saturated carbocycles. The van der Waals surface area contributed by atoms with E-state index in [1.807, 2.05) is 37.3 Å². The van der Waals surface area contributed by atoms with Crippen molar-refractivity contribution in [3.8, 4) is 11.7 Å². The molecule has 30 heavy (non-hydrogen) atoms. The second-order valence-electron chi connectivity index (χ2n) is 6.76. The summed E-state index contributed by atoms with van der Waals surface area (Å²) in [5.74, 6) is 0.770. The predicted molar refractivity (Wildman–Crippen MR) is 108 cm³/mol. The number of hydrogen-bond acceptors (Lipinski definition) is 6. The van der Waals surface area contributed by atoms with Crippen molar-refractivity contribution in [3.05, 3.63) is 60.2 Å². The number of carbonyl (C=O) groups is 2. The first kappa shape index (κ1) is 21.3. The summed E-state index contributed by atoms with van der Waals surface area (Å²) in [6.07, 6.45) is 2.36. The summed E-state index contributed by atoms with van der Waals surface area (Å²) in [5, 5.41) is 13.2. The average molecular weight is 412 g/mol. The number of furan rings is 1. The van der Waals surface area contributed by atoms with Gasteiger partial charge in [0.15, 0.2) is 18.3 Å². The van der Waals surface area contributed by atoms with Crippen molar-refractivity contribution in [1.29, 1.82) is 0 Å². The molecular formula is C21H26N5O4+. The maximum absolute atomic E-state index is 13.1. The lowest BCUT2D eigenvalue weighted by atomic mass is 10.0. The van der Waals surface area contributed by atoms with Crippen molar-refractivity contribution in [3.63, 3.8) is 0 Å². The lowest BCUT2D eigenvalue weighted by Gasteiger charge is -2.26. The molecule has 0 bridgehead atoms. The van der Waals surface area contributed by atoms with Gasteiger partial charge in [0.1, 0.15) is 0 Å². The quantitative estimate of drug-likeness (QED) is 0.493. The second-order valence-corrected chi connectivity index (χ2v) is 6.76. The van der Waals surface area contributed by atoms with Gasteiger partial charge in [-0.25, -0.2) is 4.79 Å². The van der Waals surface area contributed by atoms with Crippen LogP contribution in [0.15, 0.2) is 57.6 Å². The van der Waals surface area contributed by atoms with Crippen LogP contribution in [0, 0.1) is 0 Å². The van der Waals surface area contributed by atoms with Gasteiger partial charge in [-0.2, -0.15) is 0 Å². The van der Waals surface area contributed by atoms with Crippen LogP contribution in [-0.4, -0.2) is 35.2 Å². The third kappa shape index (κ3) is 5.32. The van der Waals surface area contributed by atoms with E-state index in [0.717, 1.165) is 16.9 Å². The zero-order chi connectivity index (χ0) is 21.3. The number of hydrogen-bond donors (Lipinski definition) is 3. The maximum Gasteiger partial charge on any atom is 0.321 e. The molecule has 0 radical (unpaired) electrons. The van der Waals surface area contributed by atoms with Gasteiger partial charge >= 0.3 is 6.03 Å². The summed E-state index contributed by atoms with van der Waals surface area (Å²) in [6, 6.07) is 11.7. The van der Waals surface area contributed by atoms with Crippen LogP contribution in [-0.2, 0) is 11.3 Å². The molecule has 3 N–H and O–H groups in total. The molecule has 0 saturated heterocycles. The lowest BCUT2D eigenvalue weighted by Crippen LogP contribution is -3.12. The Bertz CT molecular complexity index is 939. The van der Waals surface area contributed by atoms with Gasteiger partial charge in [-0.1, -0.05) is 37.3 Å². The van der Waals surface area contributed by atoms with E-state index >= 15 is 0 Å². The van der Waals surface area contributed by atoms with Crippen LogP contribution >= 0.6 is 0 Å². The smallest absolute Gasteiger partial charge is 0.321 e. The summed E-state index contributed by atoms with van der Waals surface area (Å²) in [7, 11) is 0. The Kier molecular flexibility index (Phi) is 7.34. The fourth-order valence-corrected chi connectivity index (χ4v) is 3.28. The third-order valence-electron chi connectivity index (χ3n) is 4.53. The van der Waals surface area contributed by atoms with E-state index in [2.05, 4.69) is 20.8 Å². The molecule has 0 aliphatic rings. The standard InChI is InChI=1S/C21H25N5O4/c1-3-12-26(14-17-24-25-20(30-17)16-11-8-13-29-16)18(15-9-6-5-7-10-15)19(27)23-21(28)22-4-2/h5-11,13,18H,3-4,12,14H2,1-2H3,(H2,22,23,27,28)/p+1/t18-/m1/s1. The third-order valence-corrected chi connectivity index (χ3v) is 4.53. The number of urea groups is 1. The predicted octanol–water partition coefficient (Wildman–Crippen LogP) is 1.71. The number of aromatic nitrogens is 2. The summed E-state index contributed by atoms with van der Waals surface area (Å²) in [6.45, 7) is 5.24. The molecule has 0 aliphatic heterocycles. The minimum atomic E-state index is -0.618.